The molecule has 7 nitrogen and oxygen atoms in total. The Morgan fingerprint density at radius 1 is 1.03 bits per heavy atom. The summed E-state index contributed by atoms with van der Waals surface area (Å²) in [6.45, 7) is 1.23. The first-order valence-electron chi connectivity index (χ1n) is 11.4. The zero-order chi connectivity index (χ0) is 23.7. The summed E-state index contributed by atoms with van der Waals surface area (Å²) in [5.41, 5.74) is 2.16. The number of sulfonamides is 1. The van der Waals surface area contributed by atoms with Gasteiger partial charge in [0.2, 0.25) is 15.9 Å². The highest BCUT2D eigenvalue weighted by Crippen LogP contribution is 2.27. The first kappa shape index (κ1) is 25.1. The second kappa shape index (κ2) is 12.0. The van der Waals surface area contributed by atoms with Crippen LogP contribution in [0.1, 0.15) is 30.4 Å². The molecule has 33 heavy (non-hydrogen) atoms. The average molecular weight is 475 g/mol. The van der Waals surface area contributed by atoms with Crippen molar-refractivity contribution >= 4 is 15.9 Å². The van der Waals surface area contributed by atoms with Gasteiger partial charge in [0.05, 0.1) is 25.9 Å². The van der Waals surface area contributed by atoms with Crippen LogP contribution in [0.25, 0.3) is 0 Å². The van der Waals surface area contributed by atoms with E-state index in [1.807, 2.05) is 48.5 Å². The van der Waals surface area contributed by atoms with E-state index in [9.17, 15) is 13.2 Å². The third-order valence-electron chi connectivity index (χ3n) is 6.02. The van der Waals surface area contributed by atoms with Crippen LogP contribution in [0.4, 0.5) is 0 Å². The number of hydrogen-bond acceptors (Lipinski definition) is 5. The number of benzene rings is 2. The van der Waals surface area contributed by atoms with Crippen LogP contribution in [0.3, 0.4) is 0 Å². The lowest BCUT2D eigenvalue weighted by Crippen LogP contribution is -2.46. The molecule has 1 aliphatic heterocycles. The molecule has 1 heterocycles. The van der Waals surface area contributed by atoms with Crippen molar-refractivity contribution < 1.29 is 22.7 Å². The molecule has 1 atom stereocenters. The Bertz CT molecular complexity index is 1010. The van der Waals surface area contributed by atoms with Crippen LogP contribution in [-0.4, -0.2) is 58.2 Å². The van der Waals surface area contributed by atoms with E-state index in [1.165, 1.54) is 4.31 Å². The summed E-state index contributed by atoms with van der Waals surface area (Å²) < 4.78 is 37.7. The van der Waals surface area contributed by atoms with Crippen LogP contribution in [0.5, 0.6) is 11.5 Å². The lowest BCUT2D eigenvalue weighted by atomic mass is 9.99. The van der Waals surface area contributed by atoms with Gasteiger partial charge in [-0.15, -0.1) is 0 Å². The maximum absolute atomic E-state index is 12.8. The highest BCUT2D eigenvalue weighted by molar-refractivity contribution is 7.89. The zero-order valence-electron chi connectivity index (χ0n) is 19.5. The van der Waals surface area contributed by atoms with Gasteiger partial charge < -0.3 is 14.8 Å². The molecule has 0 bridgehead atoms. The second-order valence-corrected chi connectivity index (χ2v) is 10.4. The smallest absolute Gasteiger partial charge is 0.224 e. The summed E-state index contributed by atoms with van der Waals surface area (Å²) in [5, 5.41) is 2.97. The van der Waals surface area contributed by atoms with Crippen molar-refractivity contribution in [3.8, 4) is 11.5 Å². The molecule has 2 aromatic rings. The summed E-state index contributed by atoms with van der Waals surface area (Å²) in [4.78, 5) is 12.7. The molecule has 0 unspecified atom stereocenters. The summed E-state index contributed by atoms with van der Waals surface area (Å²) in [6.07, 6.45) is 3.36. The number of hydrogen-bond donors (Lipinski definition) is 1. The maximum atomic E-state index is 12.8. The fraction of sp³-hybridized carbons (Fsp3) is 0.480. The topological polar surface area (TPSA) is 84.9 Å². The van der Waals surface area contributed by atoms with Crippen LogP contribution in [-0.2, 0) is 27.7 Å². The number of piperidine rings is 1. The van der Waals surface area contributed by atoms with Gasteiger partial charge in [0, 0.05) is 19.6 Å². The predicted molar refractivity (Wildman–Crippen MR) is 129 cm³/mol. The Labute approximate surface area is 197 Å². The number of amides is 1. The number of methoxy groups -OCH3 is 2. The van der Waals surface area contributed by atoms with E-state index in [0.29, 0.717) is 50.3 Å². The lowest BCUT2D eigenvalue weighted by molar-refractivity contribution is -0.126. The number of aryl methyl sites for hydroxylation is 1. The zero-order valence-corrected chi connectivity index (χ0v) is 20.3. The number of rotatable bonds is 11. The molecule has 2 aromatic carbocycles. The average Bonchev–Trinajstić information content (AvgIpc) is 2.84. The van der Waals surface area contributed by atoms with Gasteiger partial charge >= 0.3 is 0 Å². The van der Waals surface area contributed by atoms with Crippen molar-refractivity contribution in [2.45, 2.75) is 32.1 Å². The molecule has 0 radical (unpaired) electrons. The molecule has 1 fully saturated rings. The number of carbonyl (C=O) groups is 1. The van der Waals surface area contributed by atoms with E-state index in [-0.39, 0.29) is 24.1 Å². The molecule has 3 rings (SSSR count). The molecular weight excluding hydrogens is 440 g/mol. The number of nitrogens with zero attached hydrogens (tertiary/aromatic N) is 1. The normalized spacial score (nSPS) is 16.8. The fourth-order valence-electron chi connectivity index (χ4n) is 4.15. The van der Waals surface area contributed by atoms with Crippen LogP contribution >= 0.6 is 0 Å². The second-order valence-electron chi connectivity index (χ2n) is 8.33. The SMILES string of the molecule is COc1ccc(CCNC(=O)[C@H]2CCCN(S(=O)(=O)CCCc3ccccc3)C2)cc1OC. The Balaban J connectivity index is 1.46. The van der Waals surface area contributed by atoms with Crippen molar-refractivity contribution in [3.63, 3.8) is 0 Å². The molecule has 0 aliphatic carbocycles. The molecule has 0 spiro atoms. The monoisotopic (exact) mass is 474 g/mol. The van der Waals surface area contributed by atoms with Gasteiger partial charge in [-0.2, -0.15) is 0 Å². The van der Waals surface area contributed by atoms with Crippen LogP contribution in [0, 0.1) is 5.92 Å². The third-order valence-corrected chi connectivity index (χ3v) is 7.94. The summed E-state index contributed by atoms with van der Waals surface area (Å²) in [6, 6.07) is 15.6. The molecule has 0 aromatic heterocycles. The third kappa shape index (κ3) is 7.20. The number of nitrogens with one attached hydrogen (secondary N) is 1. The van der Waals surface area contributed by atoms with Gasteiger partial charge in [-0.1, -0.05) is 36.4 Å². The molecule has 1 N–H and O–H groups in total. The Morgan fingerprint density at radius 3 is 2.52 bits per heavy atom. The van der Waals surface area contributed by atoms with Crippen LogP contribution in [0.15, 0.2) is 48.5 Å². The molecular formula is C25H34N2O5S. The van der Waals surface area contributed by atoms with Gasteiger partial charge in [-0.25, -0.2) is 12.7 Å². The van der Waals surface area contributed by atoms with Gasteiger partial charge in [0.1, 0.15) is 0 Å². The van der Waals surface area contributed by atoms with E-state index in [1.54, 1.807) is 14.2 Å². The lowest BCUT2D eigenvalue weighted by Gasteiger charge is -2.31. The van der Waals surface area contributed by atoms with Crippen molar-refractivity contribution in [2.75, 3.05) is 39.6 Å². The Morgan fingerprint density at radius 2 is 1.79 bits per heavy atom. The predicted octanol–water partition coefficient (Wildman–Crippen LogP) is 3.04. The number of ether oxygens (including phenoxy) is 2. The molecule has 1 saturated heterocycles. The summed E-state index contributed by atoms with van der Waals surface area (Å²) >= 11 is 0. The van der Waals surface area contributed by atoms with E-state index in [2.05, 4.69) is 5.32 Å². The van der Waals surface area contributed by atoms with Crippen LogP contribution in [0.2, 0.25) is 0 Å². The fourth-order valence-corrected chi connectivity index (χ4v) is 5.73. The molecule has 8 heteroatoms. The number of carbonyl (C=O) groups excluding carboxylic acids is 1. The minimum Gasteiger partial charge on any atom is -0.493 e. The summed E-state index contributed by atoms with van der Waals surface area (Å²) in [7, 11) is -0.187. The minimum atomic E-state index is -3.37. The molecule has 0 saturated carbocycles. The van der Waals surface area contributed by atoms with Crippen molar-refractivity contribution in [2.24, 2.45) is 5.92 Å². The minimum absolute atomic E-state index is 0.0836. The Kier molecular flexibility index (Phi) is 9.14. The van der Waals surface area contributed by atoms with Gasteiger partial charge in [0.25, 0.3) is 0 Å². The quantitative estimate of drug-likeness (QED) is 0.541. The molecule has 1 amide bonds. The standard InChI is InChI=1S/C25H34N2O5S/c1-31-23-13-12-21(18-24(23)32-2)14-15-26-25(28)22-11-6-16-27(19-22)33(29,30)17-7-10-20-8-4-3-5-9-20/h3-5,8-9,12-13,18,22H,6-7,10-11,14-17,19H2,1-2H3,(H,26,28)/t22-/m0/s1. The van der Waals surface area contributed by atoms with Crippen molar-refractivity contribution in [1.82, 2.24) is 9.62 Å². The van der Waals surface area contributed by atoms with E-state index in [4.69, 9.17) is 9.47 Å². The highest BCUT2D eigenvalue weighted by Gasteiger charge is 2.31. The van der Waals surface area contributed by atoms with E-state index < -0.39 is 10.0 Å². The van der Waals surface area contributed by atoms with Gasteiger partial charge in [-0.05, 0) is 55.4 Å². The van der Waals surface area contributed by atoms with E-state index in [0.717, 1.165) is 17.5 Å². The van der Waals surface area contributed by atoms with E-state index >= 15 is 0 Å². The maximum Gasteiger partial charge on any atom is 0.224 e. The first-order valence-corrected chi connectivity index (χ1v) is 13.0. The van der Waals surface area contributed by atoms with Crippen molar-refractivity contribution in [1.29, 1.82) is 0 Å². The largest absolute Gasteiger partial charge is 0.493 e. The first-order chi connectivity index (χ1) is 15.9. The Hall–Kier alpha value is -2.58. The van der Waals surface area contributed by atoms with Gasteiger partial charge in [-0.3, -0.25) is 4.79 Å². The van der Waals surface area contributed by atoms with Gasteiger partial charge in [0.15, 0.2) is 11.5 Å². The van der Waals surface area contributed by atoms with Crippen molar-refractivity contribution in [3.05, 3.63) is 59.7 Å². The highest BCUT2D eigenvalue weighted by atomic mass is 32.2. The molecule has 1 aliphatic rings. The van der Waals surface area contributed by atoms with Crippen LogP contribution < -0.4 is 14.8 Å². The molecule has 180 valence electrons. The summed E-state index contributed by atoms with van der Waals surface area (Å²) in [5.74, 6) is 1.03.